The first-order chi connectivity index (χ1) is 15.3. The topological polar surface area (TPSA) is 118 Å². The van der Waals surface area contributed by atoms with Crippen molar-refractivity contribution in [3.63, 3.8) is 0 Å². The Morgan fingerprint density at radius 3 is 2.69 bits per heavy atom. The lowest BCUT2D eigenvalue weighted by Crippen LogP contribution is -2.29. The van der Waals surface area contributed by atoms with Crippen molar-refractivity contribution >= 4 is 38.6 Å². The monoisotopic (exact) mass is 464 g/mol. The number of anilines is 1. The quantitative estimate of drug-likeness (QED) is 0.390. The van der Waals surface area contributed by atoms with E-state index in [1.807, 2.05) is 0 Å². The number of amides is 3. The number of pyridine rings is 1. The van der Waals surface area contributed by atoms with Crippen LogP contribution in [0.3, 0.4) is 0 Å². The molecule has 1 aromatic heterocycles. The zero-order chi connectivity index (χ0) is 22.7. The highest BCUT2D eigenvalue weighted by atomic mass is 32.2. The van der Waals surface area contributed by atoms with Crippen molar-refractivity contribution in [1.29, 1.82) is 0 Å². The molecule has 0 bridgehead atoms. The Morgan fingerprint density at radius 1 is 1.16 bits per heavy atom. The minimum absolute atomic E-state index is 0.0401. The highest BCUT2D eigenvalue weighted by molar-refractivity contribution is 7.92. The maximum absolute atomic E-state index is 14.3. The van der Waals surface area contributed by atoms with E-state index in [-0.39, 0.29) is 29.8 Å². The number of benzene rings is 1. The standard InChI is InChI=1S/C21H25FN4O5S/c22-17-7-6-16-15(19(17)31-13-14-4-5-14)8-9-23-20(16)25-32(29,30)11-3-1-2-10-26-12-18(27)24-21(26)28/h6-9,14H,1-5,10-13H2,(H,23,25)(H,24,27,28). The summed E-state index contributed by atoms with van der Waals surface area (Å²) in [5.41, 5.74) is 0. The molecule has 0 spiro atoms. The summed E-state index contributed by atoms with van der Waals surface area (Å²) in [6.07, 6.45) is 5.11. The molecule has 172 valence electrons. The molecule has 2 N–H and O–H groups in total. The third-order valence-electron chi connectivity index (χ3n) is 5.47. The fraction of sp³-hybridized carbons (Fsp3) is 0.476. The largest absolute Gasteiger partial charge is 0.490 e. The lowest BCUT2D eigenvalue weighted by atomic mass is 10.1. The maximum atomic E-state index is 14.3. The van der Waals surface area contributed by atoms with Crippen molar-refractivity contribution in [3.8, 4) is 5.75 Å². The Balaban J connectivity index is 1.35. The summed E-state index contributed by atoms with van der Waals surface area (Å²) in [6, 6.07) is 3.94. The molecule has 2 aliphatic rings. The average molecular weight is 465 g/mol. The molecule has 1 aromatic carbocycles. The molecule has 11 heteroatoms. The van der Waals surface area contributed by atoms with Gasteiger partial charge in [-0.2, -0.15) is 0 Å². The number of ether oxygens (including phenoxy) is 1. The molecule has 9 nitrogen and oxygen atoms in total. The number of hydrogen-bond donors (Lipinski definition) is 2. The zero-order valence-corrected chi connectivity index (χ0v) is 18.3. The number of urea groups is 1. The van der Waals surface area contributed by atoms with Gasteiger partial charge in [0.1, 0.15) is 12.4 Å². The number of sulfonamides is 1. The average Bonchev–Trinajstić information content (AvgIpc) is 3.50. The van der Waals surface area contributed by atoms with Gasteiger partial charge in [0.05, 0.1) is 12.4 Å². The van der Waals surface area contributed by atoms with Gasteiger partial charge < -0.3 is 9.64 Å². The van der Waals surface area contributed by atoms with Crippen LogP contribution < -0.4 is 14.8 Å². The van der Waals surface area contributed by atoms with Crippen molar-refractivity contribution < 1.29 is 27.1 Å². The number of hydrogen-bond acceptors (Lipinski definition) is 6. The van der Waals surface area contributed by atoms with Crippen molar-refractivity contribution in [2.75, 3.05) is 30.2 Å². The molecular formula is C21H25FN4O5S. The van der Waals surface area contributed by atoms with Gasteiger partial charge in [0.2, 0.25) is 15.9 Å². The number of fused-ring (bicyclic) bond motifs is 1. The van der Waals surface area contributed by atoms with E-state index in [2.05, 4.69) is 15.0 Å². The first kappa shape index (κ1) is 22.3. The number of imide groups is 1. The zero-order valence-electron chi connectivity index (χ0n) is 17.5. The lowest BCUT2D eigenvalue weighted by Gasteiger charge is -2.14. The Labute approximate surface area is 185 Å². The second-order valence-corrected chi connectivity index (χ2v) is 9.98. The Morgan fingerprint density at radius 2 is 1.97 bits per heavy atom. The molecule has 1 saturated carbocycles. The first-order valence-electron chi connectivity index (χ1n) is 10.6. The Bertz CT molecular complexity index is 1140. The van der Waals surface area contributed by atoms with Crippen LogP contribution in [-0.2, 0) is 14.8 Å². The van der Waals surface area contributed by atoms with Gasteiger partial charge in [-0.1, -0.05) is 6.42 Å². The van der Waals surface area contributed by atoms with E-state index in [0.717, 1.165) is 12.8 Å². The van der Waals surface area contributed by atoms with Gasteiger partial charge in [0.25, 0.3) is 0 Å². The molecule has 3 amide bonds. The number of nitrogens with zero attached hydrogens (tertiary/aromatic N) is 2. The van der Waals surface area contributed by atoms with Crippen LogP contribution in [0, 0.1) is 11.7 Å². The third kappa shape index (κ3) is 5.45. The molecule has 2 aromatic rings. The molecule has 0 unspecified atom stereocenters. The number of halogens is 1. The maximum Gasteiger partial charge on any atom is 0.324 e. The molecule has 2 heterocycles. The van der Waals surface area contributed by atoms with E-state index < -0.39 is 21.9 Å². The van der Waals surface area contributed by atoms with Gasteiger partial charge in [-0.15, -0.1) is 0 Å². The molecule has 2 fully saturated rings. The molecule has 1 aliphatic heterocycles. The lowest BCUT2D eigenvalue weighted by molar-refractivity contribution is -0.118. The fourth-order valence-corrected chi connectivity index (χ4v) is 4.69. The minimum atomic E-state index is -3.68. The van der Waals surface area contributed by atoms with Crippen LogP contribution >= 0.6 is 0 Å². The normalized spacial score (nSPS) is 16.5. The number of carbonyl (C=O) groups excluding carboxylic acids is 2. The van der Waals surface area contributed by atoms with Crippen LogP contribution in [0.15, 0.2) is 24.4 Å². The van der Waals surface area contributed by atoms with Crippen molar-refractivity contribution in [2.24, 2.45) is 5.92 Å². The van der Waals surface area contributed by atoms with Crippen LogP contribution in [0.25, 0.3) is 10.8 Å². The summed E-state index contributed by atoms with van der Waals surface area (Å²) in [4.78, 5) is 28.2. The van der Waals surface area contributed by atoms with E-state index in [9.17, 15) is 22.4 Å². The SMILES string of the molecule is O=C1CN(CCCCCS(=O)(=O)Nc2nccc3c(OCC4CC4)c(F)ccc23)C(=O)N1. The summed E-state index contributed by atoms with van der Waals surface area (Å²) in [5.74, 6) is -0.253. The number of rotatable bonds is 11. The van der Waals surface area contributed by atoms with Crippen LogP contribution in [0.1, 0.15) is 32.1 Å². The Hall–Kier alpha value is -2.95. The van der Waals surface area contributed by atoms with E-state index in [1.165, 1.54) is 23.2 Å². The fourth-order valence-electron chi connectivity index (χ4n) is 3.55. The van der Waals surface area contributed by atoms with Gasteiger partial charge >= 0.3 is 6.03 Å². The molecule has 0 radical (unpaired) electrons. The number of carbonyl (C=O) groups is 2. The van der Waals surface area contributed by atoms with Gasteiger partial charge in [-0.05, 0) is 49.8 Å². The summed E-state index contributed by atoms with van der Waals surface area (Å²) in [7, 11) is -3.68. The van der Waals surface area contributed by atoms with Crippen molar-refractivity contribution in [3.05, 3.63) is 30.2 Å². The summed E-state index contributed by atoms with van der Waals surface area (Å²) >= 11 is 0. The molecule has 0 atom stereocenters. The van der Waals surface area contributed by atoms with Crippen molar-refractivity contribution in [2.45, 2.75) is 32.1 Å². The van der Waals surface area contributed by atoms with E-state index in [0.29, 0.717) is 49.1 Å². The minimum Gasteiger partial charge on any atom is -0.490 e. The molecule has 1 saturated heterocycles. The van der Waals surface area contributed by atoms with Crippen LogP contribution in [0.4, 0.5) is 15.0 Å². The van der Waals surface area contributed by atoms with E-state index in [4.69, 9.17) is 4.74 Å². The van der Waals surface area contributed by atoms with Gasteiger partial charge in [0.15, 0.2) is 11.6 Å². The predicted molar refractivity (Wildman–Crippen MR) is 116 cm³/mol. The second kappa shape index (κ2) is 9.27. The number of aromatic nitrogens is 1. The van der Waals surface area contributed by atoms with Gasteiger partial charge in [0, 0.05) is 23.5 Å². The van der Waals surface area contributed by atoms with Gasteiger partial charge in [-0.25, -0.2) is 22.6 Å². The van der Waals surface area contributed by atoms with E-state index in [1.54, 1.807) is 6.07 Å². The number of unbranched alkanes of at least 4 members (excludes halogenated alkanes) is 2. The second-order valence-electron chi connectivity index (χ2n) is 8.14. The summed E-state index contributed by atoms with van der Waals surface area (Å²) in [6.45, 7) is 0.871. The predicted octanol–water partition coefficient (Wildman–Crippen LogP) is 2.63. The number of nitrogens with one attached hydrogen (secondary N) is 2. The van der Waals surface area contributed by atoms with Crippen LogP contribution in [-0.4, -0.2) is 55.7 Å². The highest BCUT2D eigenvalue weighted by Crippen LogP contribution is 2.35. The molecule has 1 aliphatic carbocycles. The van der Waals surface area contributed by atoms with Crippen molar-refractivity contribution in [1.82, 2.24) is 15.2 Å². The smallest absolute Gasteiger partial charge is 0.324 e. The van der Waals surface area contributed by atoms with E-state index >= 15 is 0 Å². The van der Waals surface area contributed by atoms with Gasteiger partial charge in [-0.3, -0.25) is 14.8 Å². The highest BCUT2D eigenvalue weighted by Gasteiger charge is 2.26. The molecule has 32 heavy (non-hydrogen) atoms. The summed E-state index contributed by atoms with van der Waals surface area (Å²) < 4.78 is 47.6. The van der Waals surface area contributed by atoms with Crippen LogP contribution in [0.5, 0.6) is 5.75 Å². The Kier molecular flexibility index (Phi) is 6.45. The molecular weight excluding hydrogens is 439 g/mol. The van der Waals surface area contributed by atoms with Crippen LogP contribution in [0.2, 0.25) is 0 Å². The third-order valence-corrected chi connectivity index (χ3v) is 6.80. The summed E-state index contributed by atoms with van der Waals surface area (Å²) in [5, 5.41) is 3.14. The first-order valence-corrected chi connectivity index (χ1v) is 12.3. The molecule has 4 rings (SSSR count).